The number of aryl methyl sites for hydroxylation is 2. The Morgan fingerprint density at radius 2 is 1.52 bits per heavy atom. The molecule has 0 unspecified atom stereocenters. The number of para-hydroxylation sites is 1. The Morgan fingerprint density at radius 1 is 0.880 bits per heavy atom. The van der Waals surface area contributed by atoms with Crippen molar-refractivity contribution in [1.29, 1.82) is 0 Å². The van der Waals surface area contributed by atoms with Crippen molar-refractivity contribution in [3.8, 4) is 5.75 Å². The van der Waals surface area contributed by atoms with E-state index in [0.717, 1.165) is 28.8 Å². The van der Waals surface area contributed by atoms with Crippen LogP contribution in [0.25, 0.3) is 0 Å². The fourth-order valence-corrected chi connectivity index (χ4v) is 2.58. The van der Waals surface area contributed by atoms with Crippen LogP contribution in [0.15, 0.2) is 54.9 Å². The summed E-state index contributed by atoms with van der Waals surface area (Å²) in [6, 6.07) is 15.9. The maximum absolute atomic E-state index is 5.46. The molecule has 0 amide bonds. The van der Waals surface area contributed by atoms with Crippen molar-refractivity contribution in [2.45, 2.75) is 20.8 Å². The number of hydrogen-bond acceptors (Lipinski definition) is 5. The van der Waals surface area contributed by atoms with Crippen molar-refractivity contribution in [2.75, 3.05) is 17.2 Å². The number of anilines is 4. The molecule has 1 heterocycles. The number of benzene rings is 2. The molecule has 0 spiro atoms. The van der Waals surface area contributed by atoms with E-state index >= 15 is 0 Å². The van der Waals surface area contributed by atoms with Gasteiger partial charge in [-0.25, -0.2) is 9.97 Å². The van der Waals surface area contributed by atoms with Crippen LogP contribution in [0.3, 0.4) is 0 Å². The first kappa shape index (κ1) is 16.8. The Hall–Kier alpha value is -3.08. The molecule has 2 N–H and O–H groups in total. The molecule has 0 bridgehead atoms. The number of nitrogens with zero attached hydrogens (tertiary/aromatic N) is 2. The number of nitrogens with one attached hydrogen (secondary N) is 2. The predicted octanol–water partition coefficient (Wildman–Crippen LogP) is 4.98. The summed E-state index contributed by atoms with van der Waals surface area (Å²) in [7, 11) is 0. The molecule has 0 aliphatic carbocycles. The van der Waals surface area contributed by atoms with Crippen LogP contribution in [0, 0.1) is 13.8 Å². The zero-order valence-corrected chi connectivity index (χ0v) is 14.7. The van der Waals surface area contributed by atoms with Crippen LogP contribution >= 0.6 is 0 Å². The molecular weight excluding hydrogens is 312 g/mol. The smallest absolute Gasteiger partial charge is 0.135 e. The molecule has 5 nitrogen and oxygen atoms in total. The fourth-order valence-electron chi connectivity index (χ4n) is 2.58. The van der Waals surface area contributed by atoms with Gasteiger partial charge in [-0.1, -0.05) is 18.2 Å². The van der Waals surface area contributed by atoms with E-state index in [1.54, 1.807) is 6.33 Å². The number of ether oxygens (including phenoxy) is 1. The third-order valence-electron chi connectivity index (χ3n) is 3.84. The highest BCUT2D eigenvalue weighted by Crippen LogP contribution is 2.25. The minimum absolute atomic E-state index is 0.659. The quantitative estimate of drug-likeness (QED) is 0.666. The highest BCUT2D eigenvalue weighted by molar-refractivity contribution is 5.67. The van der Waals surface area contributed by atoms with Gasteiger partial charge in [0.15, 0.2) is 0 Å². The summed E-state index contributed by atoms with van der Waals surface area (Å²) >= 11 is 0. The van der Waals surface area contributed by atoms with Crippen LogP contribution in [-0.2, 0) is 0 Å². The molecule has 5 heteroatoms. The molecule has 0 radical (unpaired) electrons. The molecule has 0 aliphatic rings. The summed E-state index contributed by atoms with van der Waals surface area (Å²) in [6.07, 6.45) is 1.55. The SMILES string of the molecule is CCOc1ccc(Nc2cc(Nc3c(C)cccc3C)ncn2)cc1. The van der Waals surface area contributed by atoms with Gasteiger partial charge in [-0.05, 0) is 56.2 Å². The lowest BCUT2D eigenvalue weighted by atomic mass is 10.1. The van der Waals surface area contributed by atoms with Crippen molar-refractivity contribution in [2.24, 2.45) is 0 Å². The standard InChI is InChI=1S/C20H22N4O/c1-4-25-17-10-8-16(9-11-17)23-18-12-19(22-13-21-18)24-20-14(2)6-5-7-15(20)3/h5-13H,4H2,1-3H3,(H2,21,22,23,24). The van der Waals surface area contributed by atoms with Crippen molar-refractivity contribution >= 4 is 23.0 Å². The molecule has 0 fully saturated rings. The monoisotopic (exact) mass is 334 g/mol. The van der Waals surface area contributed by atoms with E-state index in [2.05, 4.69) is 52.6 Å². The maximum atomic E-state index is 5.46. The van der Waals surface area contributed by atoms with Crippen LogP contribution in [0.5, 0.6) is 5.75 Å². The van der Waals surface area contributed by atoms with Gasteiger partial charge in [0.2, 0.25) is 0 Å². The minimum atomic E-state index is 0.659. The molecule has 0 saturated carbocycles. The van der Waals surface area contributed by atoms with Gasteiger partial charge in [-0.3, -0.25) is 0 Å². The molecule has 1 aromatic heterocycles. The molecule has 0 saturated heterocycles. The van der Waals surface area contributed by atoms with Crippen LogP contribution in [-0.4, -0.2) is 16.6 Å². The molecular formula is C20H22N4O. The Morgan fingerprint density at radius 3 is 2.16 bits per heavy atom. The van der Waals surface area contributed by atoms with Crippen LogP contribution in [0.4, 0.5) is 23.0 Å². The zero-order valence-electron chi connectivity index (χ0n) is 14.7. The van der Waals surface area contributed by atoms with E-state index in [1.165, 1.54) is 11.1 Å². The fraction of sp³-hybridized carbons (Fsp3) is 0.200. The van der Waals surface area contributed by atoms with Crippen LogP contribution in [0.1, 0.15) is 18.1 Å². The van der Waals surface area contributed by atoms with E-state index in [-0.39, 0.29) is 0 Å². The topological polar surface area (TPSA) is 59.1 Å². The van der Waals surface area contributed by atoms with Crippen molar-refractivity contribution < 1.29 is 4.74 Å². The average molecular weight is 334 g/mol. The summed E-state index contributed by atoms with van der Waals surface area (Å²) < 4.78 is 5.46. The zero-order chi connectivity index (χ0) is 17.6. The number of hydrogen-bond donors (Lipinski definition) is 2. The normalized spacial score (nSPS) is 10.4. The van der Waals surface area contributed by atoms with E-state index in [9.17, 15) is 0 Å². The second kappa shape index (κ2) is 7.66. The van der Waals surface area contributed by atoms with Gasteiger partial charge in [0.1, 0.15) is 23.7 Å². The predicted molar refractivity (Wildman–Crippen MR) is 102 cm³/mol. The van der Waals surface area contributed by atoms with Gasteiger partial charge in [0.25, 0.3) is 0 Å². The molecule has 3 aromatic rings. The van der Waals surface area contributed by atoms with E-state index < -0.39 is 0 Å². The van der Waals surface area contributed by atoms with E-state index in [1.807, 2.05) is 37.3 Å². The Balaban J connectivity index is 1.75. The molecule has 2 aromatic carbocycles. The third kappa shape index (κ3) is 4.26. The first-order valence-corrected chi connectivity index (χ1v) is 8.31. The minimum Gasteiger partial charge on any atom is -0.494 e. The third-order valence-corrected chi connectivity index (χ3v) is 3.84. The highest BCUT2D eigenvalue weighted by Gasteiger charge is 2.05. The molecule has 25 heavy (non-hydrogen) atoms. The number of aromatic nitrogens is 2. The van der Waals surface area contributed by atoms with Gasteiger partial charge in [-0.15, -0.1) is 0 Å². The van der Waals surface area contributed by atoms with Gasteiger partial charge in [0.05, 0.1) is 6.61 Å². The van der Waals surface area contributed by atoms with Crippen molar-refractivity contribution in [3.05, 3.63) is 66.0 Å². The summed E-state index contributed by atoms with van der Waals surface area (Å²) in [4.78, 5) is 8.60. The highest BCUT2D eigenvalue weighted by atomic mass is 16.5. The van der Waals surface area contributed by atoms with Gasteiger partial charge in [0, 0.05) is 17.4 Å². The lowest BCUT2D eigenvalue weighted by Crippen LogP contribution is -2.01. The average Bonchev–Trinajstić information content (AvgIpc) is 2.61. The van der Waals surface area contributed by atoms with Crippen LogP contribution < -0.4 is 15.4 Å². The molecule has 0 aliphatic heterocycles. The molecule has 128 valence electrons. The van der Waals surface area contributed by atoms with Gasteiger partial charge >= 0.3 is 0 Å². The van der Waals surface area contributed by atoms with Crippen LogP contribution in [0.2, 0.25) is 0 Å². The molecule has 3 rings (SSSR count). The van der Waals surface area contributed by atoms with E-state index in [4.69, 9.17) is 4.74 Å². The van der Waals surface area contributed by atoms with Crippen molar-refractivity contribution in [1.82, 2.24) is 9.97 Å². The Kier molecular flexibility index (Phi) is 5.14. The van der Waals surface area contributed by atoms with Crippen molar-refractivity contribution in [3.63, 3.8) is 0 Å². The molecule has 0 atom stereocenters. The summed E-state index contributed by atoms with van der Waals surface area (Å²) in [6.45, 7) is 6.79. The van der Waals surface area contributed by atoms with Gasteiger partial charge in [-0.2, -0.15) is 0 Å². The summed E-state index contributed by atoms with van der Waals surface area (Å²) in [5.74, 6) is 2.34. The first-order valence-electron chi connectivity index (χ1n) is 8.31. The lowest BCUT2D eigenvalue weighted by Gasteiger charge is -2.13. The van der Waals surface area contributed by atoms with E-state index in [0.29, 0.717) is 6.61 Å². The second-order valence-electron chi connectivity index (χ2n) is 5.76. The Bertz CT molecular complexity index is 826. The summed E-state index contributed by atoms with van der Waals surface area (Å²) in [5, 5.41) is 6.66. The Labute approximate surface area is 148 Å². The lowest BCUT2D eigenvalue weighted by molar-refractivity contribution is 0.340. The second-order valence-corrected chi connectivity index (χ2v) is 5.76. The maximum Gasteiger partial charge on any atom is 0.135 e. The summed E-state index contributed by atoms with van der Waals surface area (Å²) in [5.41, 5.74) is 4.38. The number of rotatable bonds is 6. The largest absolute Gasteiger partial charge is 0.494 e. The first-order chi connectivity index (χ1) is 12.2. The van der Waals surface area contributed by atoms with Gasteiger partial charge < -0.3 is 15.4 Å².